The first-order chi connectivity index (χ1) is 11.7. The van der Waals surface area contributed by atoms with Crippen LogP contribution in [0.15, 0.2) is 24.3 Å². The van der Waals surface area contributed by atoms with E-state index in [1.807, 2.05) is 38.1 Å². The summed E-state index contributed by atoms with van der Waals surface area (Å²) in [5.41, 5.74) is 5.59. The van der Waals surface area contributed by atoms with Gasteiger partial charge in [-0.3, -0.25) is 4.98 Å². The summed E-state index contributed by atoms with van der Waals surface area (Å²) in [7, 11) is 1.64. The lowest BCUT2D eigenvalue weighted by Gasteiger charge is -2.22. The highest BCUT2D eigenvalue weighted by atomic mass is 16.5. The first-order valence-corrected chi connectivity index (χ1v) is 8.49. The van der Waals surface area contributed by atoms with Gasteiger partial charge < -0.3 is 9.47 Å². The second kappa shape index (κ2) is 7.04. The minimum atomic E-state index is -0.290. The van der Waals surface area contributed by atoms with E-state index in [1.165, 1.54) is 5.56 Å². The van der Waals surface area contributed by atoms with Crippen molar-refractivity contribution in [2.45, 2.75) is 39.5 Å². The van der Waals surface area contributed by atoms with Crippen LogP contribution in [0.4, 0.5) is 0 Å². The Morgan fingerprint density at radius 3 is 2.54 bits per heavy atom. The number of carbonyl (C=O) groups excluding carboxylic acids is 1. The molecule has 0 amide bonds. The average molecular weight is 325 g/mol. The topological polar surface area (TPSA) is 48.4 Å². The largest absolute Gasteiger partial charge is 0.497 e. The van der Waals surface area contributed by atoms with E-state index in [0.29, 0.717) is 17.9 Å². The number of methoxy groups -OCH3 is 1. The Labute approximate surface area is 142 Å². The molecule has 1 aliphatic rings. The molecule has 0 aliphatic heterocycles. The molecule has 0 saturated heterocycles. The Hall–Kier alpha value is -2.36. The molecule has 0 spiro atoms. The third kappa shape index (κ3) is 3.01. The minimum absolute atomic E-state index is 0.290. The van der Waals surface area contributed by atoms with Gasteiger partial charge in [0.2, 0.25) is 0 Å². The molecule has 4 nitrogen and oxygen atoms in total. The predicted octanol–water partition coefficient (Wildman–Crippen LogP) is 4.12. The van der Waals surface area contributed by atoms with E-state index >= 15 is 0 Å². The normalized spacial score (nSPS) is 13.3. The Kier molecular flexibility index (Phi) is 4.84. The van der Waals surface area contributed by atoms with Crippen LogP contribution >= 0.6 is 0 Å². The number of hydrogen-bond acceptors (Lipinski definition) is 4. The zero-order chi connectivity index (χ0) is 17.1. The van der Waals surface area contributed by atoms with Crippen LogP contribution in [0.2, 0.25) is 0 Å². The summed E-state index contributed by atoms with van der Waals surface area (Å²) in [6.45, 7) is 4.20. The molecule has 3 rings (SSSR count). The maximum Gasteiger partial charge on any atom is 0.340 e. The quantitative estimate of drug-likeness (QED) is 0.793. The molecule has 2 aromatic rings. The van der Waals surface area contributed by atoms with Gasteiger partial charge in [-0.15, -0.1) is 0 Å². The number of pyridine rings is 1. The Morgan fingerprint density at radius 2 is 1.88 bits per heavy atom. The van der Waals surface area contributed by atoms with Gasteiger partial charge in [-0.1, -0.05) is 0 Å². The van der Waals surface area contributed by atoms with Crippen LogP contribution in [0, 0.1) is 6.92 Å². The van der Waals surface area contributed by atoms with Crippen LogP contribution in [0.1, 0.15) is 46.9 Å². The van der Waals surface area contributed by atoms with Crippen molar-refractivity contribution in [2.75, 3.05) is 13.7 Å². The van der Waals surface area contributed by atoms with Gasteiger partial charge in [-0.25, -0.2) is 4.79 Å². The van der Waals surface area contributed by atoms with Crippen molar-refractivity contribution < 1.29 is 14.3 Å². The number of benzene rings is 1. The van der Waals surface area contributed by atoms with Crippen molar-refractivity contribution in [1.82, 2.24) is 4.98 Å². The number of aryl methyl sites for hydroxylation is 1. The molecule has 1 aromatic heterocycles. The molecular weight excluding hydrogens is 302 g/mol. The van der Waals surface area contributed by atoms with Crippen molar-refractivity contribution in [3.8, 4) is 17.0 Å². The number of esters is 1. The van der Waals surface area contributed by atoms with Crippen LogP contribution in [0.25, 0.3) is 11.3 Å². The number of hydrogen-bond donors (Lipinski definition) is 0. The molecule has 0 N–H and O–H groups in total. The first-order valence-electron chi connectivity index (χ1n) is 8.49. The van der Waals surface area contributed by atoms with Gasteiger partial charge in [0, 0.05) is 11.3 Å². The number of ether oxygens (including phenoxy) is 2. The highest BCUT2D eigenvalue weighted by Crippen LogP contribution is 2.33. The SMILES string of the molecule is CCOC(=O)c1c(-c2ccc(OC)cc2)nc2c(c1C)CCCC2. The third-order valence-corrected chi connectivity index (χ3v) is 4.59. The smallest absolute Gasteiger partial charge is 0.340 e. The molecule has 126 valence electrons. The maximum atomic E-state index is 12.6. The molecule has 0 saturated carbocycles. The number of rotatable bonds is 4. The lowest BCUT2D eigenvalue weighted by molar-refractivity contribution is 0.0526. The minimum Gasteiger partial charge on any atom is -0.497 e. The number of fused-ring (bicyclic) bond motifs is 1. The van der Waals surface area contributed by atoms with Gasteiger partial charge in [0.15, 0.2) is 0 Å². The van der Waals surface area contributed by atoms with E-state index in [0.717, 1.165) is 48.3 Å². The molecule has 1 heterocycles. The number of aromatic nitrogens is 1. The zero-order valence-corrected chi connectivity index (χ0v) is 14.5. The molecule has 0 bridgehead atoms. The van der Waals surface area contributed by atoms with Crippen molar-refractivity contribution in [3.05, 3.63) is 46.6 Å². The second-order valence-electron chi connectivity index (χ2n) is 6.04. The van der Waals surface area contributed by atoms with Gasteiger partial charge in [0.05, 0.1) is 25.0 Å². The van der Waals surface area contributed by atoms with Crippen LogP contribution in [0.3, 0.4) is 0 Å². The lowest BCUT2D eigenvalue weighted by atomic mass is 9.88. The Balaban J connectivity index is 2.18. The van der Waals surface area contributed by atoms with Crippen molar-refractivity contribution in [1.29, 1.82) is 0 Å². The summed E-state index contributed by atoms with van der Waals surface area (Å²) in [6, 6.07) is 7.67. The van der Waals surface area contributed by atoms with E-state index in [4.69, 9.17) is 14.5 Å². The van der Waals surface area contributed by atoms with Crippen molar-refractivity contribution in [2.24, 2.45) is 0 Å². The maximum absolute atomic E-state index is 12.6. The van der Waals surface area contributed by atoms with Crippen molar-refractivity contribution >= 4 is 5.97 Å². The van der Waals surface area contributed by atoms with E-state index in [9.17, 15) is 4.79 Å². The third-order valence-electron chi connectivity index (χ3n) is 4.59. The highest BCUT2D eigenvalue weighted by molar-refractivity contribution is 5.98. The lowest BCUT2D eigenvalue weighted by Crippen LogP contribution is -2.16. The van der Waals surface area contributed by atoms with E-state index < -0.39 is 0 Å². The summed E-state index contributed by atoms with van der Waals surface area (Å²) in [6.07, 6.45) is 4.27. The van der Waals surface area contributed by atoms with E-state index in [-0.39, 0.29) is 5.97 Å². The second-order valence-corrected chi connectivity index (χ2v) is 6.04. The van der Waals surface area contributed by atoms with Crippen LogP contribution < -0.4 is 4.74 Å². The van der Waals surface area contributed by atoms with Gasteiger partial charge in [0.1, 0.15) is 5.75 Å². The van der Waals surface area contributed by atoms with Gasteiger partial charge in [-0.2, -0.15) is 0 Å². The summed E-state index contributed by atoms with van der Waals surface area (Å²) < 4.78 is 10.5. The van der Waals surface area contributed by atoms with Crippen LogP contribution in [0.5, 0.6) is 5.75 Å². The summed E-state index contributed by atoms with van der Waals surface area (Å²) >= 11 is 0. The monoisotopic (exact) mass is 325 g/mol. The fraction of sp³-hybridized carbons (Fsp3) is 0.400. The molecule has 24 heavy (non-hydrogen) atoms. The average Bonchev–Trinajstić information content (AvgIpc) is 2.62. The van der Waals surface area contributed by atoms with E-state index in [2.05, 4.69) is 0 Å². The van der Waals surface area contributed by atoms with Crippen molar-refractivity contribution in [3.63, 3.8) is 0 Å². The highest BCUT2D eigenvalue weighted by Gasteiger charge is 2.25. The molecule has 0 radical (unpaired) electrons. The van der Waals surface area contributed by atoms with Gasteiger partial charge in [-0.05, 0) is 74.9 Å². The number of nitrogens with zero attached hydrogens (tertiary/aromatic N) is 1. The molecule has 0 fully saturated rings. The molecule has 4 heteroatoms. The van der Waals surface area contributed by atoms with Crippen LogP contribution in [-0.4, -0.2) is 24.7 Å². The summed E-state index contributed by atoms with van der Waals surface area (Å²) in [5.74, 6) is 0.493. The Bertz CT molecular complexity index is 750. The fourth-order valence-corrected chi connectivity index (χ4v) is 3.35. The number of carbonyl (C=O) groups is 1. The fourth-order valence-electron chi connectivity index (χ4n) is 3.35. The zero-order valence-electron chi connectivity index (χ0n) is 14.5. The van der Waals surface area contributed by atoms with E-state index in [1.54, 1.807) is 7.11 Å². The summed E-state index contributed by atoms with van der Waals surface area (Å²) in [5, 5.41) is 0. The summed E-state index contributed by atoms with van der Waals surface area (Å²) in [4.78, 5) is 17.4. The standard InChI is InChI=1S/C20H23NO3/c1-4-24-20(22)18-13(2)16-7-5-6-8-17(16)21-19(18)14-9-11-15(23-3)12-10-14/h9-12H,4-8H2,1-3H3. The molecule has 1 aliphatic carbocycles. The first kappa shape index (κ1) is 16.5. The Morgan fingerprint density at radius 1 is 1.17 bits per heavy atom. The molecule has 0 atom stereocenters. The van der Waals surface area contributed by atoms with Gasteiger partial charge >= 0.3 is 5.97 Å². The predicted molar refractivity (Wildman–Crippen MR) is 93.6 cm³/mol. The molecule has 0 unspecified atom stereocenters. The van der Waals surface area contributed by atoms with Crippen LogP contribution in [-0.2, 0) is 17.6 Å². The van der Waals surface area contributed by atoms with Gasteiger partial charge in [0.25, 0.3) is 0 Å². The molecular formula is C20H23NO3. The molecule has 1 aromatic carbocycles.